The lowest BCUT2D eigenvalue weighted by Crippen LogP contribution is -1.96. The van der Waals surface area contributed by atoms with Gasteiger partial charge in [0.05, 0.1) is 0 Å². The van der Waals surface area contributed by atoms with Gasteiger partial charge in [0, 0.05) is 13.2 Å². The van der Waals surface area contributed by atoms with Crippen molar-refractivity contribution in [3.63, 3.8) is 0 Å². The van der Waals surface area contributed by atoms with Crippen LogP contribution in [0, 0.1) is 0 Å². The van der Waals surface area contributed by atoms with Crippen molar-refractivity contribution in [1.29, 1.82) is 0 Å². The molecule has 0 aliphatic heterocycles. The molecule has 0 bridgehead atoms. The van der Waals surface area contributed by atoms with Crippen molar-refractivity contribution in [1.82, 2.24) is 0 Å². The van der Waals surface area contributed by atoms with E-state index in [1.165, 1.54) is 70.6 Å². The zero-order valence-corrected chi connectivity index (χ0v) is 13.6. The van der Waals surface area contributed by atoms with Gasteiger partial charge in [-0.2, -0.15) is 0 Å². The van der Waals surface area contributed by atoms with Crippen LogP contribution in [0.5, 0.6) is 0 Å². The molecule has 112 valence electrons. The zero-order valence-electron chi connectivity index (χ0n) is 13.6. The smallest absolute Gasteiger partial charge is 0.0466 e. The highest BCUT2D eigenvalue weighted by Crippen LogP contribution is 2.00. The third-order valence-electron chi connectivity index (χ3n) is 2.99. The van der Waals surface area contributed by atoms with E-state index in [9.17, 15) is 0 Å². The second-order valence-electron chi connectivity index (χ2n) is 5.09. The number of hydrogen-bond donors (Lipinski definition) is 0. The fraction of sp³-hybridized carbons (Fsp3) is 1.00. The molecule has 0 amide bonds. The topological polar surface area (TPSA) is 9.23 Å². The summed E-state index contributed by atoms with van der Waals surface area (Å²) in [5, 5.41) is 0. The summed E-state index contributed by atoms with van der Waals surface area (Å²) in [6.07, 6.45) is 14.7. The van der Waals surface area contributed by atoms with Crippen LogP contribution in [0.1, 0.15) is 98.3 Å². The molecule has 0 atom stereocenters. The molecule has 0 rings (SSSR count). The van der Waals surface area contributed by atoms with Crippen LogP contribution in [0.3, 0.4) is 0 Å². The number of ether oxygens (including phenoxy) is 1. The Bertz CT molecular complexity index is 100. The molecule has 0 aromatic heterocycles. The largest absolute Gasteiger partial charge is 0.381 e. The van der Waals surface area contributed by atoms with Crippen molar-refractivity contribution < 1.29 is 4.74 Å². The van der Waals surface area contributed by atoms with E-state index in [0.29, 0.717) is 0 Å². The molecule has 0 heterocycles. The van der Waals surface area contributed by atoms with E-state index in [-0.39, 0.29) is 0 Å². The second kappa shape index (κ2) is 22.2. The van der Waals surface area contributed by atoms with Gasteiger partial charge in [-0.3, -0.25) is 0 Å². The Morgan fingerprint density at radius 1 is 0.444 bits per heavy atom. The monoisotopic (exact) mass is 258 g/mol. The molecule has 0 aliphatic rings. The third-order valence-corrected chi connectivity index (χ3v) is 2.99. The van der Waals surface area contributed by atoms with E-state index in [2.05, 4.69) is 27.7 Å². The number of hydrogen-bond acceptors (Lipinski definition) is 1. The van der Waals surface area contributed by atoms with E-state index >= 15 is 0 Å². The number of unbranched alkanes of at least 4 members (excludes halogenated alkanes) is 8. The molecule has 0 aliphatic carbocycles. The normalized spacial score (nSPS) is 10.0. The minimum absolute atomic E-state index is 0.970. The van der Waals surface area contributed by atoms with Gasteiger partial charge >= 0.3 is 0 Å². The summed E-state index contributed by atoms with van der Waals surface area (Å²) in [5.74, 6) is 0. The van der Waals surface area contributed by atoms with Crippen LogP contribution in [0.25, 0.3) is 0 Å². The SMILES string of the molecule is CCCCCCC.CCCCCOCCCCC. The predicted molar refractivity (Wildman–Crippen MR) is 84.3 cm³/mol. The first-order valence-corrected chi connectivity index (χ1v) is 8.41. The van der Waals surface area contributed by atoms with E-state index < -0.39 is 0 Å². The highest BCUT2D eigenvalue weighted by molar-refractivity contribution is 4.39. The van der Waals surface area contributed by atoms with Crippen LogP contribution in [0.2, 0.25) is 0 Å². The summed E-state index contributed by atoms with van der Waals surface area (Å²) in [6, 6.07) is 0. The van der Waals surface area contributed by atoms with Gasteiger partial charge in [-0.15, -0.1) is 0 Å². The van der Waals surface area contributed by atoms with Gasteiger partial charge in [0.15, 0.2) is 0 Å². The Kier molecular flexibility index (Phi) is 25.0. The van der Waals surface area contributed by atoms with Crippen molar-refractivity contribution in [3.05, 3.63) is 0 Å². The van der Waals surface area contributed by atoms with Crippen molar-refractivity contribution in [2.24, 2.45) is 0 Å². The molecule has 0 saturated heterocycles. The first kappa shape index (κ1) is 20.3. The maximum atomic E-state index is 5.44. The van der Waals surface area contributed by atoms with Gasteiger partial charge in [0.2, 0.25) is 0 Å². The van der Waals surface area contributed by atoms with Gasteiger partial charge in [-0.05, 0) is 12.8 Å². The second-order valence-corrected chi connectivity index (χ2v) is 5.09. The Morgan fingerprint density at radius 3 is 1.11 bits per heavy atom. The molecule has 0 saturated carbocycles. The molecule has 0 aromatic rings. The standard InChI is InChI=1S/C10H22O.C7H16/c1-3-5-7-9-11-10-8-6-4-2;1-3-5-7-6-4-2/h3-10H2,1-2H3;3-7H2,1-2H3. The van der Waals surface area contributed by atoms with Crippen LogP contribution in [0.15, 0.2) is 0 Å². The van der Waals surface area contributed by atoms with Gasteiger partial charge in [-0.1, -0.05) is 85.5 Å². The molecule has 1 nitrogen and oxygen atoms in total. The zero-order chi connectivity index (χ0) is 13.9. The molecule has 18 heavy (non-hydrogen) atoms. The summed E-state index contributed by atoms with van der Waals surface area (Å²) in [4.78, 5) is 0. The molecule has 1 heteroatoms. The quantitative estimate of drug-likeness (QED) is 0.370. The van der Waals surface area contributed by atoms with Gasteiger partial charge in [0.1, 0.15) is 0 Å². The van der Waals surface area contributed by atoms with E-state index in [1.54, 1.807) is 0 Å². The van der Waals surface area contributed by atoms with Crippen LogP contribution in [-0.2, 0) is 4.74 Å². The average molecular weight is 258 g/mol. The average Bonchev–Trinajstić information content (AvgIpc) is 2.39. The summed E-state index contributed by atoms with van der Waals surface area (Å²) < 4.78 is 5.44. The van der Waals surface area contributed by atoms with Crippen molar-refractivity contribution in [2.75, 3.05) is 13.2 Å². The molecule has 0 spiro atoms. The minimum Gasteiger partial charge on any atom is -0.381 e. The predicted octanol–water partition coefficient (Wildman–Crippen LogP) is 6.36. The maximum absolute atomic E-state index is 5.44. The third kappa shape index (κ3) is 25.0. The summed E-state index contributed by atoms with van der Waals surface area (Å²) in [6.45, 7) is 10.9. The summed E-state index contributed by atoms with van der Waals surface area (Å²) in [7, 11) is 0. The molecule has 0 radical (unpaired) electrons. The highest BCUT2D eigenvalue weighted by atomic mass is 16.5. The maximum Gasteiger partial charge on any atom is 0.0466 e. The highest BCUT2D eigenvalue weighted by Gasteiger charge is 1.88. The summed E-state index contributed by atoms with van der Waals surface area (Å²) in [5.41, 5.74) is 0. The lowest BCUT2D eigenvalue weighted by Gasteiger charge is -2.01. The van der Waals surface area contributed by atoms with Gasteiger partial charge in [0.25, 0.3) is 0 Å². The van der Waals surface area contributed by atoms with Crippen molar-refractivity contribution in [2.45, 2.75) is 98.3 Å². The molecule has 0 fully saturated rings. The van der Waals surface area contributed by atoms with E-state index in [1.807, 2.05) is 0 Å². The van der Waals surface area contributed by atoms with Crippen LogP contribution >= 0.6 is 0 Å². The molecular formula is C17H38O. The lowest BCUT2D eigenvalue weighted by atomic mass is 10.2. The van der Waals surface area contributed by atoms with Crippen LogP contribution < -0.4 is 0 Å². The van der Waals surface area contributed by atoms with Crippen LogP contribution in [0.4, 0.5) is 0 Å². The minimum atomic E-state index is 0.970. The molecule has 0 N–H and O–H groups in total. The Morgan fingerprint density at radius 2 is 0.778 bits per heavy atom. The lowest BCUT2D eigenvalue weighted by molar-refractivity contribution is 0.126. The first-order chi connectivity index (χ1) is 8.83. The van der Waals surface area contributed by atoms with Gasteiger partial charge < -0.3 is 4.74 Å². The van der Waals surface area contributed by atoms with Crippen LogP contribution in [-0.4, -0.2) is 13.2 Å². The number of rotatable bonds is 12. The Labute approximate surface area is 117 Å². The Hall–Kier alpha value is -0.0400. The first-order valence-electron chi connectivity index (χ1n) is 8.41. The Balaban J connectivity index is 0. The van der Waals surface area contributed by atoms with E-state index in [0.717, 1.165) is 13.2 Å². The fourth-order valence-corrected chi connectivity index (χ4v) is 1.69. The van der Waals surface area contributed by atoms with Crippen molar-refractivity contribution >= 4 is 0 Å². The molecule has 0 unspecified atom stereocenters. The molecular weight excluding hydrogens is 220 g/mol. The van der Waals surface area contributed by atoms with Gasteiger partial charge in [-0.25, -0.2) is 0 Å². The fourth-order valence-electron chi connectivity index (χ4n) is 1.69. The van der Waals surface area contributed by atoms with Crippen molar-refractivity contribution in [3.8, 4) is 0 Å². The van der Waals surface area contributed by atoms with E-state index in [4.69, 9.17) is 4.74 Å². The summed E-state index contributed by atoms with van der Waals surface area (Å²) >= 11 is 0. The molecule has 0 aromatic carbocycles.